The molecule has 1 aliphatic rings. The van der Waals surface area contributed by atoms with Gasteiger partial charge in [0.2, 0.25) is 5.82 Å². The molecule has 1 aliphatic heterocycles. The zero-order chi connectivity index (χ0) is 18.2. The minimum atomic E-state index is -0.262. The van der Waals surface area contributed by atoms with Crippen LogP contribution in [0.25, 0.3) is 23.0 Å². The average Bonchev–Trinajstić information content (AvgIpc) is 3.36. The minimum absolute atomic E-state index is 0.157. The summed E-state index contributed by atoms with van der Waals surface area (Å²) in [5.41, 5.74) is 3.23. The number of halogens is 1. The van der Waals surface area contributed by atoms with Crippen LogP contribution in [0.1, 0.15) is 17.4 Å². The van der Waals surface area contributed by atoms with Crippen LogP contribution in [-0.2, 0) is 17.9 Å². The van der Waals surface area contributed by atoms with Crippen molar-refractivity contribution in [2.75, 3.05) is 0 Å². The third-order valence-electron chi connectivity index (χ3n) is 4.54. The average molecular weight is 363 g/mol. The van der Waals surface area contributed by atoms with Crippen molar-refractivity contribution in [3.05, 3.63) is 72.2 Å². The molecule has 0 amide bonds. The summed E-state index contributed by atoms with van der Waals surface area (Å²) in [4.78, 5) is 12.9. The SMILES string of the molecule is Fc1ccc([C@@H]2Cn3cnc(-c4nc(-c5ccncc5)no4)c3CO2)cc1. The standard InChI is InChI=1S/C19H14FN5O2/c20-14-3-1-12(2-4-14)16-9-25-11-22-17(15(25)10-26-16)19-23-18(24-27-19)13-5-7-21-8-6-13/h1-8,11,16H,9-10H2/t16-/m0/s1. The van der Waals surface area contributed by atoms with Crippen LogP contribution in [0.4, 0.5) is 4.39 Å². The van der Waals surface area contributed by atoms with Crippen LogP contribution in [0, 0.1) is 5.82 Å². The molecule has 5 rings (SSSR count). The van der Waals surface area contributed by atoms with E-state index in [1.54, 1.807) is 30.9 Å². The maximum absolute atomic E-state index is 13.1. The van der Waals surface area contributed by atoms with Gasteiger partial charge in [0, 0.05) is 18.0 Å². The quantitative estimate of drug-likeness (QED) is 0.555. The van der Waals surface area contributed by atoms with Crippen LogP contribution in [-0.4, -0.2) is 24.7 Å². The molecule has 0 saturated carbocycles. The van der Waals surface area contributed by atoms with Crippen LogP contribution in [0.2, 0.25) is 0 Å². The van der Waals surface area contributed by atoms with Gasteiger partial charge in [0.05, 0.1) is 25.2 Å². The van der Waals surface area contributed by atoms with E-state index in [4.69, 9.17) is 9.26 Å². The monoisotopic (exact) mass is 363 g/mol. The first-order chi connectivity index (χ1) is 13.3. The van der Waals surface area contributed by atoms with Gasteiger partial charge in [0.25, 0.3) is 5.89 Å². The summed E-state index contributed by atoms with van der Waals surface area (Å²) in [5, 5.41) is 4.02. The van der Waals surface area contributed by atoms with Crippen molar-refractivity contribution in [2.45, 2.75) is 19.3 Å². The number of aromatic nitrogens is 5. The smallest absolute Gasteiger partial charge is 0.278 e. The molecule has 0 bridgehead atoms. The summed E-state index contributed by atoms with van der Waals surface area (Å²) in [7, 11) is 0. The third kappa shape index (κ3) is 2.89. The second kappa shape index (κ2) is 6.40. The van der Waals surface area contributed by atoms with E-state index in [-0.39, 0.29) is 11.9 Å². The van der Waals surface area contributed by atoms with Gasteiger partial charge in [-0.2, -0.15) is 4.98 Å². The third-order valence-corrected chi connectivity index (χ3v) is 4.54. The number of fused-ring (bicyclic) bond motifs is 1. The van der Waals surface area contributed by atoms with Gasteiger partial charge in [0.1, 0.15) is 11.9 Å². The molecule has 0 aliphatic carbocycles. The number of benzene rings is 1. The minimum Gasteiger partial charge on any atom is -0.365 e. The summed E-state index contributed by atoms with van der Waals surface area (Å²) in [6, 6.07) is 9.98. The number of nitrogens with zero attached hydrogens (tertiary/aromatic N) is 5. The Morgan fingerprint density at radius 2 is 1.89 bits per heavy atom. The number of pyridine rings is 1. The first-order valence-corrected chi connectivity index (χ1v) is 8.43. The van der Waals surface area contributed by atoms with E-state index in [0.29, 0.717) is 30.6 Å². The Balaban J connectivity index is 1.42. The lowest BCUT2D eigenvalue weighted by molar-refractivity contribution is 0.00326. The predicted octanol–water partition coefficient (Wildman–Crippen LogP) is 3.41. The topological polar surface area (TPSA) is 78.9 Å². The second-order valence-corrected chi connectivity index (χ2v) is 6.20. The first kappa shape index (κ1) is 15.8. The zero-order valence-electron chi connectivity index (χ0n) is 14.1. The summed E-state index contributed by atoms with van der Waals surface area (Å²) in [6.07, 6.45) is 4.93. The van der Waals surface area contributed by atoms with Crippen LogP contribution < -0.4 is 0 Å². The largest absolute Gasteiger partial charge is 0.365 e. The van der Waals surface area contributed by atoms with Gasteiger partial charge in [-0.3, -0.25) is 4.98 Å². The van der Waals surface area contributed by atoms with Crippen molar-refractivity contribution in [3.8, 4) is 23.0 Å². The summed E-state index contributed by atoms with van der Waals surface area (Å²) < 4.78 is 26.5. The van der Waals surface area contributed by atoms with E-state index < -0.39 is 0 Å². The Morgan fingerprint density at radius 1 is 1.07 bits per heavy atom. The highest BCUT2D eigenvalue weighted by Crippen LogP contribution is 2.31. The molecule has 7 nitrogen and oxygen atoms in total. The van der Waals surface area contributed by atoms with E-state index in [2.05, 4.69) is 20.1 Å². The number of imidazole rings is 1. The second-order valence-electron chi connectivity index (χ2n) is 6.20. The van der Waals surface area contributed by atoms with E-state index >= 15 is 0 Å². The number of hydrogen-bond donors (Lipinski definition) is 0. The molecule has 8 heteroatoms. The van der Waals surface area contributed by atoms with Gasteiger partial charge in [-0.25, -0.2) is 9.37 Å². The molecule has 134 valence electrons. The van der Waals surface area contributed by atoms with E-state index in [1.807, 2.05) is 16.7 Å². The predicted molar refractivity (Wildman–Crippen MR) is 92.7 cm³/mol. The molecule has 4 aromatic rings. The van der Waals surface area contributed by atoms with Gasteiger partial charge in [0.15, 0.2) is 5.69 Å². The highest BCUT2D eigenvalue weighted by atomic mass is 19.1. The molecule has 3 aromatic heterocycles. The molecular formula is C19H14FN5O2. The van der Waals surface area contributed by atoms with Crippen molar-refractivity contribution in [3.63, 3.8) is 0 Å². The van der Waals surface area contributed by atoms with E-state index in [1.165, 1.54) is 12.1 Å². The van der Waals surface area contributed by atoms with Crippen molar-refractivity contribution in [1.82, 2.24) is 24.7 Å². The zero-order valence-corrected chi connectivity index (χ0v) is 14.1. The van der Waals surface area contributed by atoms with E-state index in [9.17, 15) is 4.39 Å². The van der Waals surface area contributed by atoms with Crippen LogP contribution in [0.3, 0.4) is 0 Å². The summed E-state index contributed by atoms with van der Waals surface area (Å²) >= 11 is 0. The maximum Gasteiger partial charge on any atom is 0.278 e. The number of ether oxygens (including phenoxy) is 1. The molecule has 0 fully saturated rings. The molecular weight excluding hydrogens is 349 g/mol. The maximum atomic E-state index is 13.1. The fourth-order valence-corrected chi connectivity index (χ4v) is 3.12. The van der Waals surface area contributed by atoms with Crippen LogP contribution in [0.15, 0.2) is 59.6 Å². The van der Waals surface area contributed by atoms with Gasteiger partial charge in [-0.15, -0.1) is 0 Å². The van der Waals surface area contributed by atoms with Crippen molar-refractivity contribution >= 4 is 0 Å². The molecule has 0 N–H and O–H groups in total. The highest BCUT2D eigenvalue weighted by molar-refractivity contribution is 5.58. The molecule has 0 saturated heterocycles. The van der Waals surface area contributed by atoms with Gasteiger partial charge >= 0.3 is 0 Å². The number of rotatable bonds is 3. The first-order valence-electron chi connectivity index (χ1n) is 8.43. The Labute approximate surface area is 153 Å². The Hall–Kier alpha value is -3.39. The Kier molecular flexibility index (Phi) is 3.75. The lowest BCUT2D eigenvalue weighted by Crippen LogP contribution is -2.20. The van der Waals surface area contributed by atoms with Gasteiger partial charge in [-0.05, 0) is 29.8 Å². The normalized spacial score (nSPS) is 16.3. The fraction of sp³-hybridized carbons (Fsp3) is 0.158. The fourth-order valence-electron chi connectivity index (χ4n) is 3.12. The Bertz CT molecular complexity index is 1080. The molecule has 0 unspecified atom stereocenters. The Morgan fingerprint density at radius 3 is 2.70 bits per heavy atom. The molecule has 27 heavy (non-hydrogen) atoms. The molecule has 1 aromatic carbocycles. The summed E-state index contributed by atoms with van der Waals surface area (Å²) in [5.74, 6) is 0.566. The van der Waals surface area contributed by atoms with E-state index in [0.717, 1.165) is 16.8 Å². The van der Waals surface area contributed by atoms with Crippen LogP contribution in [0.5, 0.6) is 0 Å². The lowest BCUT2D eigenvalue weighted by atomic mass is 10.1. The summed E-state index contributed by atoms with van der Waals surface area (Å²) in [6.45, 7) is 0.934. The lowest BCUT2D eigenvalue weighted by Gasteiger charge is -2.25. The van der Waals surface area contributed by atoms with Gasteiger partial charge in [-0.1, -0.05) is 17.3 Å². The molecule has 0 spiro atoms. The highest BCUT2D eigenvalue weighted by Gasteiger charge is 2.26. The molecule has 4 heterocycles. The molecule has 0 radical (unpaired) electrons. The van der Waals surface area contributed by atoms with Crippen molar-refractivity contribution in [1.29, 1.82) is 0 Å². The van der Waals surface area contributed by atoms with Crippen LogP contribution >= 0.6 is 0 Å². The van der Waals surface area contributed by atoms with Gasteiger partial charge < -0.3 is 13.8 Å². The van der Waals surface area contributed by atoms with Crippen molar-refractivity contribution in [2.24, 2.45) is 0 Å². The molecule has 1 atom stereocenters. The van der Waals surface area contributed by atoms with Crippen molar-refractivity contribution < 1.29 is 13.7 Å². The number of hydrogen-bond acceptors (Lipinski definition) is 6.